The minimum absolute atomic E-state index is 0.0765. The molecule has 0 aliphatic carbocycles. The van der Waals surface area contributed by atoms with Gasteiger partial charge in [-0.3, -0.25) is 38.4 Å². The van der Waals surface area contributed by atoms with Crippen molar-refractivity contribution in [2.24, 2.45) is 0 Å². The Morgan fingerprint density at radius 1 is 0.493 bits per heavy atom. The zero-order valence-electron chi connectivity index (χ0n) is 38.1. The Bertz CT molecular complexity index is 1470. The molecule has 11 N–H and O–H groups in total. The third-order valence-corrected chi connectivity index (χ3v) is 8.97. The molecule has 0 aromatic carbocycles. The lowest BCUT2D eigenvalue weighted by atomic mass is 10.1. The Morgan fingerprint density at radius 3 is 1.15 bits per heavy atom. The SMILES string of the molecule is CCC(O)COCCCCOCC(O)CN(C(C)=O)C(CC(=O)N(CC(=O)O)CC(=O)O)C(=O)O.CCC(O)COCCCCOCC(O)CNC(CC(=O)N(CC(=O)O)CC(=O)O)C(=O)O. The van der Waals surface area contributed by atoms with Crippen LogP contribution in [-0.2, 0) is 62.1 Å². The van der Waals surface area contributed by atoms with Crippen LogP contribution in [0.25, 0.3) is 0 Å². The topological polar surface area (TPSA) is 415 Å². The molecule has 0 rings (SSSR count). The molecule has 6 atom stereocenters. The van der Waals surface area contributed by atoms with Crippen molar-refractivity contribution in [2.45, 2.75) is 109 Å². The van der Waals surface area contributed by atoms with Crippen LogP contribution in [0.5, 0.6) is 0 Å². The lowest BCUT2D eigenvalue weighted by molar-refractivity contribution is -0.156. The van der Waals surface area contributed by atoms with Gasteiger partial charge in [0.05, 0.1) is 63.7 Å². The van der Waals surface area contributed by atoms with E-state index < -0.39 is 136 Å². The van der Waals surface area contributed by atoms with Crippen LogP contribution in [0.4, 0.5) is 0 Å². The number of carboxylic acid groups (broad SMARTS) is 6. The van der Waals surface area contributed by atoms with Crippen molar-refractivity contribution in [1.29, 1.82) is 0 Å². The molecule has 0 saturated carbocycles. The summed E-state index contributed by atoms with van der Waals surface area (Å²) in [6.45, 7) is 2.10. The summed E-state index contributed by atoms with van der Waals surface area (Å²) < 4.78 is 21.2. The van der Waals surface area contributed by atoms with Gasteiger partial charge in [0.15, 0.2) is 0 Å². The minimum atomic E-state index is -1.75. The van der Waals surface area contributed by atoms with Gasteiger partial charge >= 0.3 is 35.8 Å². The van der Waals surface area contributed by atoms with E-state index in [1.165, 1.54) is 0 Å². The molecule has 0 fully saturated rings. The zero-order valence-corrected chi connectivity index (χ0v) is 38.1. The van der Waals surface area contributed by atoms with Crippen LogP contribution in [0.1, 0.15) is 72.1 Å². The van der Waals surface area contributed by atoms with Crippen LogP contribution in [0.15, 0.2) is 0 Å². The van der Waals surface area contributed by atoms with Crippen LogP contribution in [0.3, 0.4) is 0 Å². The molecule has 388 valence electrons. The van der Waals surface area contributed by atoms with Crippen molar-refractivity contribution >= 4 is 53.5 Å². The van der Waals surface area contributed by atoms with Crippen LogP contribution in [0, 0.1) is 0 Å². The Morgan fingerprint density at radius 2 is 0.836 bits per heavy atom. The van der Waals surface area contributed by atoms with Gasteiger partial charge in [-0.25, -0.2) is 4.79 Å². The molecule has 0 aliphatic rings. The maximum Gasteiger partial charge on any atom is 0.326 e. The van der Waals surface area contributed by atoms with Crippen molar-refractivity contribution in [1.82, 2.24) is 20.0 Å². The van der Waals surface area contributed by atoms with Gasteiger partial charge in [-0.1, -0.05) is 13.8 Å². The number of aliphatic hydroxyl groups is 4. The highest BCUT2D eigenvalue weighted by Crippen LogP contribution is 2.11. The van der Waals surface area contributed by atoms with Gasteiger partial charge in [0.1, 0.15) is 38.3 Å². The van der Waals surface area contributed by atoms with Crippen LogP contribution in [-0.4, -0.2) is 248 Å². The first-order chi connectivity index (χ1) is 31.4. The van der Waals surface area contributed by atoms with E-state index in [2.05, 4.69) is 5.32 Å². The van der Waals surface area contributed by atoms with Crippen molar-refractivity contribution in [3.8, 4) is 0 Å². The maximum atomic E-state index is 12.4. The molecular weight excluding hydrogens is 904 g/mol. The van der Waals surface area contributed by atoms with Gasteiger partial charge in [0.2, 0.25) is 17.7 Å². The number of carboxylic acids is 6. The van der Waals surface area contributed by atoms with Gasteiger partial charge in [0.25, 0.3) is 0 Å². The number of aliphatic hydroxyl groups excluding tert-OH is 4. The molecule has 6 unspecified atom stereocenters. The number of ether oxygens (including phenoxy) is 4. The standard InChI is InChI=1S/C21H36N2O12.C19H34N2O11/c1-3-15(25)12-34-6-4-5-7-35-13-16(26)9-23(14(2)24)17(21(32)33)8-18(27)22(10-19(28)29)11-20(30)31;1-2-13(22)11-31-5-3-4-6-32-12-14(23)8-20-15(19(29)30)7-16(24)21(9-17(25)26)10-18(27)28/h15-17,25-26H,3-13H2,1-2H3,(H,28,29)(H,30,31)(H,32,33);13-15,20,22-23H,2-12H2,1H3,(H,25,26)(H,27,28)(H,29,30). The molecule has 27 heteroatoms. The molecule has 0 saturated heterocycles. The summed E-state index contributed by atoms with van der Waals surface area (Å²) in [4.78, 5) is 105. The third-order valence-electron chi connectivity index (χ3n) is 8.97. The number of unbranched alkanes of at least 4 members (excludes halogenated alkanes) is 2. The number of nitrogens with zero attached hydrogens (tertiary/aromatic N) is 3. The number of carbonyl (C=O) groups is 9. The Balaban J connectivity index is 0. The smallest absolute Gasteiger partial charge is 0.326 e. The zero-order chi connectivity index (χ0) is 51.5. The van der Waals surface area contributed by atoms with Crippen LogP contribution in [0.2, 0.25) is 0 Å². The van der Waals surface area contributed by atoms with Crippen molar-refractivity contribution < 1.29 is 113 Å². The predicted octanol–water partition coefficient (Wildman–Crippen LogP) is -3.02. The Hall–Kier alpha value is -5.13. The Labute approximate surface area is 387 Å². The van der Waals surface area contributed by atoms with E-state index in [0.717, 1.165) is 11.8 Å². The average Bonchev–Trinajstić information content (AvgIpc) is 3.23. The summed E-state index contributed by atoms with van der Waals surface area (Å²) in [6.07, 6.45) is -1.05. The number of carbonyl (C=O) groups excluding carboxylic acids is 3. The van der Waals surface area contributed by atoms with Crippen molar-refractivity contribution in [3.63, 3.8) is 0 Å². The van der Waals surface area contributed by atoms with E-state index in [-0.39, 0.29) is 39.6 Å². The number of nitrogens with one attached hydrogen (secondary N) is 1. The fraction of sp³-hybridized carbons (Fsp3) is 0.775. The first-order valence-electron chi connectivity index (χ1n) is 21.4. The van der Waals surface area contributed by atoms with Crippen LogP contribution < -0.4 is 5.32 Å². The molecule has 0 aliphatic heterocycles. The fourth-order valence-electron chi connectivity index (χ4n) is 5.32. The van der Waals surface area contributed by atoms with Gasteiger partial charge in [0, 0.05) is 46.4 Å². The summed E-state index contributed by atoms with van der Waals surface area (Å²) in [5, 5.41) is 95.4. The van der Waals surface area contributed by atoms with E-state index in [0.29, 0.717) is 68.1 Å². The summed E-state index contributed by atoms with van der Waals surface area (Å²) in [5.74, 6) is -11.7. The van der Waals surface area contributed by atoms with E-state index >= 15 is 0 Å². The van der Waals surface area contributed by atoms with E-state index in [1.807, 2.05) is 13.8 Å². The number of hydrogen-bond acceptors (Lipinski definition) is 18. The third kappa shape index (κ3) is 34.8. The summed E-state index contributed by atoms with van der Waals surface area (Å²) >= 11 is 0. The molecule has 0 heterocycles. The summed E-state index contributed by atoms with van der Waals surface area (Å²) in [6, 6.07) is -3.20. The number of rotatable bonds is 40. The summed E-state index contributed by atoms with van der Waals surface area (Å²) in [5.41, 5.74) is 0. The predicted molar refractivity (Wildman–Crippen MR) is 228 cm³/mol. The van der Waals surface area contributed by atoms with Crippen LogP contribution >= 0.6 is 0 Å². The van der Waals surface area contributed by atoms with Gasteiger partial charge in [-0.05, 0) is 38.5 Å². The van der Waals surface area contributed by atoms with E-state index in [1.54, 1.807) is 0 Å². The highest BCUT2D eigenvalue weighted by atomic mass is 16.5. The quantitative estimate of drug-likeness (QED) is 0.0272. The van der Waals surface area contributed by atoms with Crippen molar-refractivity contribution in [2.75, 3.05) is 92.1 Å². The van der Waals surface area contributed by atoms with E-state index in [4.69, 9.17) is 39.4 Å². The number of aliphatic carboxylic acids is 6. The van der Waals surface area contributed by atoms with Gasteiger partial charge in [-0.15, -0.1) is 0 Å². The highest BCUT2D eigenvalue weighted by Gasteiger charge is 2.34. The molecular formula is C40H70N4O23. The molecule has 3 amide bonds. The first kappa shape index (κ1) is 64.0. The molecule has 0 bridgehead atoms. The molecule has 27 nitrogen and oxygen atoms in total. The monoisotopic (exact) mass is 974 g/mol. The highest BCUT2D eigenvalue weighted by molar-refractivity contribution is 5.91. The second kappa shape index (κ2) is 37.9. The number of amides is 3. The van der Waals surface area contributed by atoms with Crippen molar-refractivity contribution in [3.05, 3.63) is 0 Å². The molecule has 0 aromatic heterocycles. The second-order valence-corrected chi connectivity index (χ2v) is 15.0. The van der Waals surface area contributed by atoms with E-state index in [9.17, 15) is 73.8 Å². The lowest BCUT2D eigenvalue weighted by Crippen LogP contribution is -2.51. The molecule has 0 radical (unpaired) electrons. The minimum Gasteiger partial charge on any atom is -0.480 e. The average molecular weight is 975 g/mol. The van der Waals surface area contributed by atoms with Gasteiger partial charge < -0.3 is 90.0 Å². The number of hydrogen-bond donors (Lipinski definition) is 11. The molecule has 0 aromatic rings. The first-order valence-corrected chi connectivity index (χ1v) is 21.4. The molecule has 67 heavy (non-hydrogen) atoms. The fourth-order valence-corrected chi connectivity index (χ4v) is 5.32. The Kier molecular flexibility index (Phi) is 36.2. The summed E-state index contributed by atoms with van der Waals surface area (Å²) in [7, 11) is 0. The molecule has 0 spiro atoms. The second-order valence-electron chi connectivity index (χ2n) is 15.0. The van der Waals surface area contributed by atoms with Gasteiger partial charge in [-0.2, -0.15) is 0 Å². The normalized spacial score (nSPS) is 13.7. The lowest BCUT2D eigenvalue weighted by Gasteiger charge is -2.30. The largest absolute Gasteiger partial charge is 0.480 e. The maximum absolute atomic E-state index is 12.4.